The Bertz CT molecular complexity index is 517. The smallest absolute Gasteiger partial charge is 0.0645 e. The summed E-state index contributed by atoms with van der Waals surface area (Å²) in [7, 11) is 0. The van der Waals surface area contributed by atoms with E-state index in [1.54, 1.807) is 0 Å². The molecule has 1 atom stereocenters. The number of nitrogens with two attached hydrogens (primary N) is 1. The van der Waals surface area contributed by atoms with Crippen LogP contribution in [-0.2, 0) is 0 Å². The highest BCUT2D eigenvalue weighted by Crippen LogP contribution is 2.15. The van der Waals surface area contributed by atoms with Crippen molar-refractivity contribution in [2.45, 2.75) is 32.7 Å². The van der Waals surface area contributed by atoms with Crippen molar-refractivity contribution in [1.82, 2.24) is 15.1 Å². The molecule has 4 heteroatoms. The molecule has 2 rings (SSSR count). The predicted molar refractivity (Wildman–Crippen MR) is 87.4 cm³/mol. The van der Waals surface area contributed by atoms with Crippen LogP contribution in [0.5, 0.6) is 0 Å². The predicted octanol–water partition coefficient (Wildman–Crippen LogP) is 2.90. The maximum absolute atomic E-state index is 5.92. The molecule has 0 amide bonds. The largest absolute Gasteiger partial charge is 0.329 e. The van der Waals surface area contributed by atoms with Crippen LogP contribution >= 0.6 is 0 Å². The standard InChI is InChI=1S/C17H26N4/c1-3-14(4-2)11-19-17(10-18)15-12-20-21(13-15)16-8-6-5-7-9-16/h5-9,12-14,17,19H,3-4,10-11,18H2,1-2H3. The fourth-order valence-electron chi connectivity index (χ4n) is 2.46. The van der Waals surface area contributed by atoms with Crippen molar-refractivity contribution in [3.05, 3.63) is 48.3 Å². The number of rotatable bonds is 8. The van der Waals surface area contributed by atoms with Gasteiger partial charge in [-0.25, -0.2) is 4.68 Å². The fourth-order valence-corrected chi connectivity index (χ4v) is 2.46. The molecule has 4 nitrogen and oxygen atoms in total. The third-order valence-electron chi connectivity index (χ3n) is 4.07. The lowest BCUT2D eigenvalue weighted by Gasteiger charge is -2.19. The highest BCUT2D eigenvalue weighted by Gasteiger charge is 2.13. The van der Waals surface area contributed by atoms with Crippen molar-refractivity contribution in [2.24, 2.45) is 11.7 Å². The molecule has 1 aromatic carbocycles. The Morgan fingerprint density at radius 3 is 2.52 bits per heavy atom. The number of aromatic nitrogens is 2. The van der Waals surface area contributed by atoms with Crippen LogP contribution in [0.25, 0.3) is 5.69 Å². The molecule has 21 heavy (non-hydrogen) atoms. The van der Waals surface area contributed by atoms with Gasteiger partial charge < -0.3 is 11.1 Å². The molecule has 1 aromatic heterocycles. The Hall–Kier alpha value is -1.65. The first-order valence-corrected chi connectivity index (χ1v) is 7.81. The van der Waals surface area contributed by atoms with Gasteiger partial charge in [-0.15, -0.1) is 0 Å². The average Bonchev–Trinajstić information content (AvgIpc) is 3.02. The number of nitrogens with zero attached hydrogens (tertiary/aromatic N) is 2. The van der Waals surface area contributed by atoms with Gasteiger partial charge in [-0.2, -0.15) is 5.10 Å². The van der Waals surface area contributed by atoms with Gasteiger partial charge in [-0.3, -0.25) is 0 Å². The van der Waals surface area contributed by atoms with E-state index in [0.29, 0.717) is 12.5 Å². The summed E-state index contributed by atoms with van der Waals surface area (Å²) in [6.07, 6.45) is 6.37. The highest BCUT2D eigenvalue weighted by atomic mass is 15.3. The normalized spacial score (nSPS) is 12.8. The molecule has 0 bridgehead atoms. The van der Waals surface area contributed by atoms with E-state index in [4.69, 9.17) is 5.73 Å². The lowest BCUT2D eigenvalue weighted by molar-refractivity contribution is 0.414. The molecule has 114 valence electrons. The Morgan fingerprint density at radius 1 is 1.19 bits per heavy atom. The molecule has 0 aliphatic heterocycles. The molecular formula is C17H26N4. The Kier molecular flexibility index (Phi) is 5.96. The minimum atomic E-state index is 0.170. The van der Waals surface area contributed by atoms with Gasteiger partial charge in [0.05, 0.1) is 11.9 Å². The lowest BCUT2D eigenvalue weighted by atomic mass is 10.0. The molecule has 2 aromatic rings. The zero-order valence-corrected chi connectivity index (χ0v) is 13.0. The van der Waals surface area contributed by atoms with Crippen LogP contribution in [0, 0.1) is 5.92 Å². The minimum Gasteiger partial charge on any atom is -0.329 e. The van der Waals surface area contributed by atoms with E-state index < -0.39 is 0 Å². The Morgan fingerprint density at radius 2 is 1.90 bits per heavy atom. The highest BCUT2D eigenvalue weighted by molar-refractivity contribution is 5.31. The second-order valence-corrected chi connectivity index (χ2v) is 5.43. The summed E-state index contributed by atoms with van der Waals surface area (Å²) >= 11 is 0. The first kappa shape index (κ1) is 15.7. The van der Waals surface area contributed by atoms with Gasteiger partial charge in [0.1, 0.15) is 0 Å². The second kappa shape index (κ2) is 7.96. The monoisotopic (exact) mass is 286 g/mol. The van der Waals surface area contributed by atoms with Crippen molar-refractivity contribution in [3.63, 3.8) is 0 Å². The molecular weight excluding hydrogens is 260 g/mol. The topological polar surface area (TPSA) is 55.9 Å². The van der Waals surface area contributed by atoms with Crippen molar-refractivity contribution >= 4 is 0 Å². The third kappa shape index (κ3) is 4.16. The zero-order valence-electron chi connectivity index (χ0n) is 13.0. The van der Waals surface area contributed by atoms with E-state index in [1.807, 2.05) is 41.2 Å². The van der Waals surface area contributed by atoms with E-state index in [9.17, 15) is 0 Å². The molecule has 0 radical (unpaired) electrons. The van der Waals surface area contributed by atoms with Crippen molar-refractivity contribution in [2.75, 3.05) is 13.1 Å². The van der Waals surface area contributed by atoms with Crippen molar-refractivity contribution in [1.29, 1.82) is 0 Å². The van der Waals surface area contributed by atoms with Crippen LogP contribution in [-0.4, -0.2) is 22.9 Å². The van der Waals surface area contributed by atoms with Gasteiger partial charge in [0.25, 0.3) is 0 Å². The molecule has 1 heterocycles. The van der Waals surface area contributed by atoms with Gasteiger partial charge in [0, 0.05) is 24.3 Å². The second-order valence-electron chi connectivity index (χ2n) is 5.43. The van der Waals surface area contributed by atoms with Crippen molar-refractivity contribution in [3.8, 4) is 5.69 Å². The lowest BCUT2D eigenvalue weighted by Crippen LogP contribution is -2.31. The summed E-state index contributed by atoms with van der Waals surface area (Å²) in [4.78, 5) is 0. The first-order chi connectivity index (χ1) is 10.3. The summed E-state index contributed by atoms with van der Waals surface area (Å²) in [6.45, 7) is 6.06. The van der Waals surface area contributed by atoms with E-state index in [2.05, 4.69) is 30.5 Å². The Labute approximate surface area is 127 Å². The maximum atomic E-state index is 5.92. The summed E-state index contributed by atoms with van der Waals surface area (Å²) < 4.78 is 1.90. The molecule has 1 unspecified atom stereocenters. The summed E-state index contributed by atoms with van der Waals surface area (Å²) in [5, 5.41) is 8.02. The SMILES string of the molecule is CCC(CC)CNC(CN)c1cnn(-c2ccccc2)c1. The van der Waals surface area contributed by atoms with Crippen LogP contribution in [0.2, 0.25) is 0 Å². The number of nitrogens with one attached hydrogen (secondary N) is 1. The molecule has 0 aliphatic rings. The van der Waals surface area contributed by atoms with Crippen LogP contribution in [0.3, 0.4) is 0 Å². The first-order valence-electron chi connectivity index (χ1n) is 7.81. The summed E-state index contributed by atoms with van der Waals surface area (Å²) in [6, 6.07) is 10.3. The summed E-state index contributed by atoms with van der Waals surface area (Å²) in [5.74, 6) is 0.711. The quantitative estimate of drug-likeness (QED) is 0.784. The number of hydrogen-bond donors (Lipinski definition) is 2. The van der Waals surface area contributed by atoms with Gasteiger partial charge in [0.2, 0.25) is 0 Å². The minimum absolute atomic E-state index is 0.170. The number of para-hydroxylation sites is 1. The van der Waals surface area contributed by atoms with Crippen LogP contribution < -0.4 is 11.1 Å². The molecule has 0 aliphatic carbocycles. The van der Waals surface area contributed by atoms with E-state index in [0.717, 1.165) is 17.8 Å². The van der Waals surface area contributed by atoms with Gasteiger partial charge >= 0.3 is 0 Å². The van der Waals surface area contributed by atoms with Crippen LogP contribution in [0.4, 0.5) is 0 Å². The van der Waals surface area contributed by atoms with Crippen molar-refractivity contribution < 1.29 is 0 Å². The van der Waals surface area contributed by atoms with E-state index >= 15 is 0 Å². The molecule has 0 saturated carbocycles. The maximum Gasteiger partial charge on any atom is 0.0645 e. The van der Waals surface area contributed by atoms with Crippen LogP contribution in [0.15, 0.2) is 42.7 Å². The van der Waals surface area contributed by atoms with E-state index in [1.165, 1.54) is 12.8 Å². The summed E-state index contributed by atoms with van der Waals surface area (Å²) in [5.41, 5.74) is 8.14. The van der Waals surface area contributed by atoms with Crippen LogP contribution in [0.1, 0.15) is 38.3 Å². The van der Waals surface area contributed by atoms with Gasteiger partial charge in [-0.05, 0) is 24.6 Å². The average molecular weight is 286 g/mol. The molecule has 3 N–H and O–H groups in total. The third-order valence-corrected chi connectivity index (χ3v) is 4.07. The number of hydrogen-bond acceptors (Lipinski definition) is 3. The Balaban J connectivity index is 2.04. The van der Waals surface area contributed by atoms with E-state index in [-0.39, 0.29) is 6.04 Å². The van der Waals surface area contributed by atoms with Gasteiger partial charge in [-0.1, -0.05) is 44.9 Å². The number of benzene rings is 1. The zero-order chi connectivity index (χ0) is 15.1. The molecule has 0 fully saturated rings. The molecule has 0 saturated heterocycles. The fraction of sp³-hybridized carbons (Fsp3) is 0.471. The van der Waals surface area contributed by atoms with Gasteiger partial charge in [0.15, 0.2) is 0 Å². The molecule has 0 spiro atoms.